The topological polar surface area (TPSA) is 35.5 Å². The summed E-state index contributed by atoms with van der Waals surface area (Å²) in [5.74, 6) is 0.478. The fraction of sp³-hybridized carbons (Fsp3) is 0.667. The Balaban J connectivity index is 1.49. The molecule has 1 aliphatic carbocycles. The fourth-order valence-corrected chi connectivity index (χ4v) is 3.89. The van der Waals surface area contributed by atoms with Crippen LogP contribution in [0.25, 0.3) is 0 Å². The number of piperidine rings is 1. The van der Waals surface area contributed by atoms with Crippen LogP contribution in [0.2, 0.25) is 0 Å². The van der Waals surface area contributed by atoms with Crippen LogP contribution in [0.4, 0.5) is 5.69 Å². The zero-order valence-corrected chi connectivity index (χ0v) is 12.9. The van der Waals surface area contributed by atoms with Crippen LogP contribution in [-0.4, -0.2) is 36.9 Å². The molecular formula is C18H28N2O. The van der Waals surface area contributed by atoms with Crippen molar-refractivity contribution in [1.29, 1.82) is 0 Å². The second-order valence-electron chi connectivity index (χ2n) is 6.60. The number of nitrogens with one attached hydrogen (secondary N) is 1. The van der Waals surface area contributed by atoms with Gasteiger partial charge in [0, 0.05) is 37.5 Å². The van der Waals surface area contributed by atoms with Crippen molar-refractivity contribution in [1.82, 2.24) is 5.32 Å². The van der Waals surface area contributed by atoms with E-state index in [0.29, 0.717) is 24.6 Å². The molecule has 1 aliphatic heterocycles. The summed E-state index contributed by atoms with van der Waals surface area (Å²) in [4.78, 5) is 2.49. The van der Waals surface area contributed by atoms with E-state index in [0.717, 1.165) is 13.1 Å². The van der Waals surface area contributed by atoms with Gasteiger partial charge in [-0.2, -0.15) is 0 Å². The van der Waals surface area contributed by atoms with Crippen molar-refractivity contribution in [2.24, 2.45) is 5.92 Å². The summed E-state index contributed by atoms with van der Waals surface area (Å²) >= 11 is 0. The monoisotopic (exact) mass is 288 g/mol. The number of hydrogen-bond donors (Lipinski definition) is 2. The van der Waals surface area contributed by atoms with Crippen LogP contribution in [0, 0.1) is 5.92 Å². The third kappa shape index (κ3) is 3.78. The molecule has 2 atom stereocenters. The molecule has 3 rings (SSSR count). The minimum atomic E-state index is 0.348. The maximum Gasteiger partial charge on any atom is 0.0474 e. The Morgan fingerprint density at radius 1 is 1.00 bits per heavy atom. The summed E-state index contributed by atoms with van der Waals surface area (Å²) in [5.41, 5.74) is 1.35. The molecule has 2 aliphatic rings. The highest BCUT2D eigenvalue weighted by Gasteiger charge is 2.28. The van der Waals surface area contributed by atoms with Crippen molar-refractivity contribution in [2.45, 2.75) is 50.6 Å². The number of aliphatic hydroxyl groups excluding tert-OH is 1. The summed E-state index contributed by atoms with van der Waals surface area (Å²) in [6.07, 6.45) is 7.46. The van der Waals surface area contributed by atoms with Gasteiger partial charge in [-0.1, -0.05) is 31.0 Å². The average molecular weight is 288 g/mol. The molecule has 2 N–H and O–H groups in total. The number of rotatable bonds is 4. The standard InChI is InChI=1S/C18H28N2O/c21-14-15-6-4-5-9-18(15)19-16-10-12-20(13-11-16)17-7-2-1-3-8-17/h1-3,7-8,15-16,18-19,21H,4-6,9-14H2. The van der Waals surface area contributed by atoms with Crippen molar-refractivity contribution in [3.63, 3.8) is 0 Å². The first-order valence-corrected chi connectivity index (χ1v) is 8.53. The van der Waals surface area contributed by atoms with Gasteiger partial charge in [-0.25, -0.2) is 0 Å². The Hall–Kier alpha value is -1.06. The Kier molecular flexibility index (Phi) is 5.15. The molecule has 116 valence electrons. The zero-order valence-electron chi connectivity index (χ0n) is 12.9. The quantitative estimate of drug-likeness (QED) is 0.894. The van der Waals surface area contributed by atoms with Gasteiger partial charge in [-0.3, -0.25) is 0 Å². The van der Waals surface area contributed by atoms with E-state index in [2.05, 4.69) is 40.5 Å². The van der Waals surface area contributed by atoms with Crippen molar-refractivity contribution >= 4 is 5.69 Å². The normalized spacial score (nSPS) is 27.8. The first kappa shape index (κ1) is 14.9. The lowest BCUT2D eigenvalue weighted by Crippen LogP contribution is -2.50. The van der Waals surface area contributed by atoms with Crippen LogP contribution in [0.15, 0.2) is 30.3 Å². The minimum Gasteiger partial charge on any atom is -0.396 e. The Morgan fingerprint density at radius 2 is 1.71 bits per heavy atom. The first-order chi connectivity index (χ1) is 10.4. The fourth-order valence-electron chi connectivity index (χ4n) is 3.89. The van der Waals surface area contributed by atoms with Crippen molar-refractivity contribution in [3.8, 4) is 0 Å². The van der Waals surface area contributed by atoms with E-state index in [1.165, 1.54) is 44.2 Å². The SMILES string of the molecule is OCC1CCCCC1NC1CCN(c2ccccc2)CC1. The Labute approximate surface area is 128 Å². The van der Waals surface area contributed by atoms with Crippen LogP contribution in [-0.2, 0) is 0 Å². The van der Waals surface area contributed by atoms with E-state index in [9.17, 15) is 5.11 Å². The number of para-hydroxylation sites is 1. The average Bonchev–Trinajstić information content (AvgIpc) is 2.57. The lowest BCUT2D eigenvalue weighted by Gasteiger charge is -2.39. The van der Waals surface area contributed by atoms with E-state index in [-0.39, 0.29) is 0 Å². The van der Waals surface area contributed by atoms with Crippen LogP contribution in [0.5, 0.6) is 0 Å². The molecular weight excluding hydrogens is 260 g/mol. The molecule has 1 saturated carbocycles. The highest BCUT2D eigenvalue weighted by atomic mass is 16.3. The van der Waals surface area contributed by atoms with Crippen LogP contribution in [0.3, 0.4) is 0 Å². The molecule has 1 aromatic rings. The van der Waals surface area contributed by atoms with Gasteiger partial charge >= 0.3 is 0 Å². The first-order valence-electron chi connectivity index (χ1n) is 8.53. The van der Waals surface area contributed by atoms with Gasteiger partial charge in [0.15, 0.2) is 0 Å². The molecule has 0 spiro atoms. The van der Waals surface area contributed by atoms with E-state index in [1.54, 1.807) is 0 Å². The van der Waals surface area contributed by atoms with Crippen LogP contribution >= 0.6 is 0 Å². The van der Waals surface area contributed by atoms with E-state index >= 15 is 0 Å². The molecule has 0 amide bonds. The van der Waals surface area contributed by atoms with Gasteiger partial charge < -0.3 is 15.3 Å². The third-order valence-electron chi connectivity index (χ3n) is 5.21. The lowest BCUT2D eigenvalue weighted by atomic mass is 9.84. The van der Waals surface area contributed by atoms with Crippen molar-refractivity contribution in [2.75, 3.05) is 24.6 Å². The molecule has 3 heteroatoms. The molecule has 3 nitrogen and oxygen atoms in total. The van der Waals surface area contributed by atoms with Crippen LogP contribution in [0.1, 0.15) is 38.5 Å². The van der Waals surface area contributed by atoms with Crippen LogP contribution < -0.4 is 10.2 Å². The van der Waals surface area contributed by atoms with E-state index in [1.807, 2.05) is 0 Å². The molecule has 0 aromatic heterocycles. The number of nitrogens with zero attached hydrogens (tertiary/aromatic N) is 1. The molecule has 21 heavy (non-hydrogen) atoms. The summed E-state index contributed by atoms with van der Waals surface area (Å²) in [6, 6.07) is 11.9. The largest absolute Gasteiger partial charge is 0.396 e. The van der Waals surface area contributed by atoms with Gasteiger partial charge in [0.25, 0.3) is 0 Å². The van der Waals surface area contributed by atoms with Gasteiger partial charge in [-0.05, 0) is 43.7 Å². The van der Waals surface area contributed by atoms with Gasteiger partial charge in [0.1, 0.15) is 0 Å². The smallest absolute Gasteiger partial charge is 0.0474 e. The Morgan fingerprint density at radius 3 is 2.43 bits per heavy atom. The van der Waals surface area contributed by atoms with Gasteiger partial charge in [0.05, 0.1) is 0 Å². The lowest BCUT2D eigenvalue weighted by molar-refractivity contribution is 0.142. The summed E-state index contributed by atoms with van der Waals surface area (Å²) in [7, 11) is 0. The highest BCUT2D eigenvalue weighted by Crippen LogP contribution is 2.26. The summed E-state index contributed by atoms with van der Waals surface area (Å²) in [5, 5.41) is 13.4. The number of aliphatic hydroxyl groups is 1. The maximum absolute atomic E-state index is 9.53. The predicted octanol–water partition coefficient (Wildman–Crippen LogP) is 2.80. The van der Waals surface area contributed by atoms with E-state index in [4.69, 9.17) is 0 Å². The number of anilines is 1. The molecule has 1 heterocycles. The Bertz CT molecular complexity index is 414. The minimum absolute atomic E-state index is 0.348. The third-order valence-corrected chi connectivity index (χ3v) is 5.21. The molecule has 0 radical (unpaired) electrons. The molecule has 0 bridgehead atoms. The summed E-state index contributed by atoms with van der Waals surface area (Å²) in [6.45, 7) is 2.62. The second kappa shape index (κ2) is 7.28. The van der Waals surface area contributed by atoms with E-state index < -0.39 is 0 Å². The second-order valence-corrected chi connectivity index (χ2v) is 6.60. The molecule has 1 aromatic carbocycles. The van der Waals surface area contributed by atoms with Gasteiger partial charge in [0.2, 0.25) is 0 Å². The van der Waals surface area contributed by atoms with Crippen molar-refractivity contribution in [3.05, 3.63) is 30.3 Å². The van der Waals surface area contributed by atoms with Crippen molar-refractivity contribution < 1.29 is 5.11 Å². The molecule has 2 fully saturated rings. The van der Waals surface area contributed by atoms with Gasteiger partial charge in [-0.15, -0.1) is 0 Å². The zero-order chi connectivity index (χ0) is 14.5. The predicted molar refractivity (Wildman–Crippen MR) is 87.6 cm³/mol. The maximum atomic E-state index is 9.53. The molecule has 1 saturated heterocycles. The summed E-state index contributed by atoms with van der Waals surface area (Å²) < 4.78 is 0. The number of benzene rings is 1. The number of hydrogen-bond acceptors (Lipinski definition) is 3. The highest BCUT2D eigenvalue weighted by molar-refractivity contribution is 5.46. The molecule has 2 unspecified atom stereocenters.